The van der Waals surface area contributed by atoms with Crippen LogP contribution in [-0.2, 0) is 0 Å². The fraction of sp³-hybridized carbons (Fsp3) is 0. The van der Waals surface area contributed by atoms with Gasteiger partial charge < -0.3 is 24.0 Å². The van der Waals surface area contributed by atoms with Crippen LogP contribution < -0.4 is 28.5 Å². The van der Waals surface area contributed by atoms with E-state index in [9.17, 15) is 0 Å². The van der Waals surface area contributed by atoms with Crippen molar-refractivity contribution < 1.29 is 24.0 Å². The largest absolute Gasteiger partial charge is 1.00 e. The molecule has 0 unspecified atom stereocenters. The van der Waals surface area contributed by atoms with Gasteiger partial charge in [0.15, 0.2) is 22.7 Å². The second kappa shape index (κ2) is 5.53. The molecule has 0 atom stereocenters. The lowest BCUT2D eigenvalue weighted by atomic mass is 10.1. The number of quaternary nitrogens is 1. The van der Waals surface area contributed by atoms with Crippen LogP contribution in [-0.4, -0.2) is 0 Å². The summed E-state index contributed by atoms with van der Waals surface area (Å²) in [5, 5.41) is 0. The zero-order valence-corrected chi connectivity index (χ0v) is 16.2. The number of rotatable bonds is 0. The predicted molar refractivity (Wildman–Crippen MR) is 105 cm³/mol. The van der Waals surface area contributed by atoms with Crippen molar-refractivity contribution in [2.45, 2.75) is 0 Å². The Morgan fingerprint density at radius 1 is 0.346 bits per heavy atom. The van der Waals surface area contributed by atoms with Crippen molar-refractivity contribution in [1.82, 2.24) is 4.48 Å². The van der Waals surface area contributed by atoms with Crippen molar-refractivity contribution in [3.05, 3.63) is 97.1 Å². The van der Waals surface area contributed by atoms with Crippen LogP contribution in [0.1, 0.15) is 0 Å². The summed E-state index contributed by atoms with van der Waals surface area (Å²) in [6.45, 7) is 0. The third kappa shape index (κ3) is 1.69. The number of hydrogen-bond acceptors (Lipinski definition) is 0. The maximum atomic E-state index is 2.29. The number of nitrogens with zero attached hydrogens (tertiary/aromatic N) is 1. The Bertz CT molecular complexity index is 974. The van der Waals surface area contributed by atoms with Crippen molar-refractivity contribution in [1.29, 1.82) is 0 Å². The molecule has 4 aromatic carbocycles. The van der Waals surface area contributed by atoms with E-state index in [1.165, 1.54) is 45.0 Å². The van der Waals surface area contributed by atoms with Gasteiger partial charge in [0.2, 0.25) is 0 Å². The summed E-state index contributed by atoms with van der Waals surface area (Å²) < 4.78 is 0.707. The van der Waals surface area contributed by atoms with Crippen molar-refractivity contribution in [3.63, 3.8) is 0 Å². The second-order valence-corrected chi connectivity index (χ2v) is 6.74. The molecule has 0 radical (unpaired) electrons. The van der Waals surface area contributed by atoms with Gasteiger partial charge in [-0.1, -0.05) is 48.5 Å². The minimum Gasteiger partial charge on any atom is -1.00 e. The fourth-order valence-electron chi connectivity index (χ4n) is 4.75. The molecule has 2 heteroatoms. The van der Waals surface area contributed by atoms with Crippen LogP contribution >= 0.6 is 0 Å². The van der Waals surface area contributed by atoms with Crippen LogP contribution in [0.2, 0.25) is 0 Å². The molecule has 2 heterocycles. The molecule has 0 amide bonds. The highest BCUT2D eigenvalue weighted by molar-refractivity contribution is 6.10. The molecule has 2 aliphatic rings. The summed E-state index contributed by atoms with van der Waals surface area (Å²) >= 11 is 0. The van der Waals surface area contributed by atoms with Gasteiger partial charge in [-0.05, 0) is 24.3 Å². The molecule has 0 aromatic heterocycles. The molecule has 1 spiro atoms. The van der Waals surface area contributed by atoms with Crippen molar-refractivity contribution in [2.75, 3.05) is 0 Å². The van der Waals surface area contributed by atoms with Crippen molar-refractivity contribution >= 4 is 22.7 Å². The Balaban J connectivity index is 0.00000150. The summed E-state index contributed by atoms with van der Waals surface area (Å²) in [5.74, 6) is 0. The Kier molecular flexibility index (Phi) is 3.36. The Hall–Kier alpha value is -2.43. The van der Waals surface area contributed by atoms with E-state index in [2.05, 4.69) is 97.1 Å². The Labute approximate surface area is 170 Å². The third-order valence-corrected chi connectivity index (χ3v) is 5.64. The van der Waals surface area contributed by atoms with Gasteiger partial charge in [-0.2, -0.15) is 4.48 Å². The quantitative estimate of drug-likeness (QED) is 0.245. The van der Waals surface area contributed by atoms with Gasteiger partial charge in [-0.15, -0.1) is 0 Å². The van der Waals surface area contributed by atoms with E-state index >= 15 is 0 Å². The number of halogens is 1. The van der Waals surface area contributed by atoms with Gasteiger partial charge in [0.05, 0.1) is 22.3 Å². The number of fused-ring (bicyclic) bond motifs is 10. The van der Waals surface area contributed by atoms with Crippen LogP contribution in [0.4, 0.5) is 22.7 Å². The molecular weight excluding hydrogens is 429 g/mol. The molecule has 6 rings (SSSR count). The first-order valence-electron chi connectivity index (χ1n) is 8.70. The zero-order valence-electron chi connectivity index (χ0n) is 14.1. The normalized spacial score (nSPS) is 14.2. The average Bonchev–Trinajstić information content (AvgIpc) is 3.16. The van der Waals surface area contributed by atoms with E-state index in [4.69, 9.17) is 0 Å². The van der Waals surface area contributed by atoms with E-state index in [1.54, 1.807) is 0 Å². The van der Waals surface area contributed by atoms with Crippen LogP contribution in [0.25, 0.3) is 22.3 Å². The predicted octanol–water partition coefficient (Wildman–Crippen LogP) is 3.95. The molecule has 0 fully saturated rings. The lowest BCUT2D eigenvalue weighted by molar-refractivity contribution is -0.00000461. The fourth-order valence-corrected chi connectivity index (χ4v) is 4.75. The van der Waals surface area contributed by atoms with Crippen LogP contribution in [0.15, 0.2) is 97.1 Å². The molecule has 0 N–H and O–H groups in total. The Morgan fingerprint density at radius 3 is 0.846 bits per heavy atom. The number of benzene rings is 4. The first-order valence-corrected chi connectivity index (χ1v) is 8.70. The topological polar surface area (TPSA) is 0 Å². The zero-order chi connectivity index (χ0) is 16.4. The van der Waals surface area contributed by atoms with Gasteiger partial charge in [0.25, 0.3) is 0 Å². The molecule has 0 aliphatic carbocycles. The summed E-state index contributed by atoms with van der Waals surface area (Å²) in [7, 11) is 0. The second-order valence-electron chi connectivity index (χ2n) is 6.74. The number of para-hydroxylation sites is 4. The molecule has 0 saturated carbocycles. The lowest BCUT2D eigenvalue weighted by Gasteiger charge is -2.31. The summed E-state index contributed by atoms with van der Waals surface area (Å²) in [5.41, 5.74) is 10.7. The first-order chi connectivity index (χ1) is 12.4. The first kappa shape index (κ1) is 15.8. The summed E-state index contributed by atoms with van der Waals surface area (Å²) in [4.78, 5) is 0. The van der Waals surface area contributed by atoms with Crippen molar-refractivity contribution in [3.8, 4) is 22.3 Å². The number of hydrogen-bond donors (Lipinski definition) is 0. The molecule has 0 saturated heterocycles. The highest BCUT2D eigenvalue weighted by Gasteiger charge is 2.53. The molecular formula is C24H16IN. The maximum Gasteiger partial charge on any atom is 0.156 e. The summed E-state index contributed by atoms with van der Waals surface area (Å²) in [6, 6.07) is 35.4. The van der Waals surface area contributed by atoms with E-state index in [0.29, 0.717) is 4.48 Å². The van der Waals surface area contributed by atoms with Crippen molar-refractivity contribution in [2.24, 2.45) is 0 Å². The molecule has 1 nitrogen and oxygen atoms in total. The minimum atomic E-state index is 0. The van der Waals surface area contributed by atoms with E-state index in [1.807, 2.05) is 0 Å². The van der Waals surface area contributed by atoms with Crippen LogP contribution in [0.3, 0.4) is 0 Å². The molecule has 4 aromatic rings. The van der Waals surface area contributed by atoms with E-state index in [-0.39, 0.29) is 24.0 Å². The monoisotopic (exact) mass is 445 g/mol. The highest BCUT2D eigenvalue weighted by Crippen LogP contribution is 2.68. The minimum absolute atomic E-state index is 0. The van der Waals surface area contributed by atoms with Crippen LogP contribution in [0.5, 0.6) is 0 Å². The maximum absolute atomic E-state index is 2.29. The molecule has 124 valence electrons. The van der Waals surface area contributed by atoms with Crippen LogP contribution in [0, 0.1) is 0 Å². The van der Waals surface area contributed by atoms with Gasteiger partial charge in [0.1, 0.15) is 0 Å². The van der Waals surface area contributed by atoms with Gasteiger partial charge >= 0.3 is 0 Å². The molecule has 2 aliphatic heterocycles. The van der Waals surface area contributed by atoms with Gasteiger partial charge in [-0.3, -0.25) is 0 Å². The summed E-state index contributed by atoms with van der Waals surface area (Å²) in [6.07, 6.45) is 0. The molecule has 26 heavy (non-hydrogen) atoms. The smallest absolute Gasteiger partial charge is 0.156 e. The standard InChI is InChI=1S/C24H16N.HI/c1-5-13-21-17(9-1)18-10-2-6-14-22(18)25(21)23-15-7-3-11-19(23)20-12-4-8-16-24(20)25;/h1-16H;1H/q+1;/p-1. The average molecular weight is 445 g/mol. The Morgan fingerprint density at radius 2 is 0.577 bits per heavy atom. The van der Waals surface area contributed by atoms with Gasteiger partial charge in [-0.25, -0.2) is 0 Å². The molecule has 0 bridgehead atoms. The third-order valence-electron chi connectivity index (χ3n) is 5.64. The van der Waals surface area contributed by atoms with Gasteiger partial charge in [0, 0.05) is 24.3 Å². The SMILES string of the molecule is [I-].c1ccc2c(c1)-c1ccccc1[N+]21c2ccccc2-c2ccccc21. The lowest BCUT2D eigenvalue weighted by Crippen LogP contribution is -3.00. The van der Waals surface area contributed by atoms with E-state index in [0.717, 1.165) is 0 Å². The van der Waals surface area contributed by atoms with E-state index < -0.39 is 0 Å². The highest BCUT2D eigenvalue weighted by atomic mass is 127.